The van der Waals surface area contributed by atoms with Gasteiger partial charge in [0.05, 0.1) is 13.2 Å². The Kier molecular flexibility index (Phi) is 3.76. The number of hydrogen-bond acceptors (Lipinski definition) is 4. The Balaban J connectivity index is 1.48. The van der Waals surface area contributed by atoms with Crippen LogP contribution in [0.4, 0.5) is 0 Å². The molecule has 2 aliphatic rings. The molecular formula is C19H25N3O3. The van der Waals surface area contributed by atoms with Crippen molar-refractivity contribution in [1.82, 2.24) is 14.7 Å². The molecule has 0 radical (unpaired) electrons. The van der Waals surface area contributed by atoms with E-state index >= 15 is 0 Å². The molecule has 1 saturated heterocycles. The predicted octanol–water partition coefficient (Wildman–Crippen LogP) is 2.66. The zero-order valence-electron chi connectivity index (χ0n) is 15.1. The fourth-order valence-electron chi connectivity index (χ4n) is 5.05. The molecule has 1 aliphatic heterocycles. The Bertz CT molecular complexity index is 765. The van der Waals surface area contributed by atoms with Crippen LogP contribution in [0.2, 0.25) is 0 Å². The minimum absolute atomic E-state index is 0.0209. The van der Waals surface area contributed by atoms with Gasteiger partial charge in [0.2, 0.25) is 0 Å². The van der Waals surface area contributed by atoms with Crippen molar-refractivity contribution in [3.05, 3.63) is 42.1 Å². The summed E-state index contributed by atoms with van der Waals surface area (Å²) in [5.74, 6) is 1.62. The first-order chi connectivity index (χ1) is 11.9. The topological polar surface area (TPSA) is 60.5 Å². The molecule has 1 aliphatic carbocycles. The summed E-state index contributed by atoms with van der Waals surface area (Å²) in [6.07, 6.45) is 4.70. The lowest BCUT2D eigenvalue weighted by molar-refractivity contribution is -0.107. The van der Waals surface area contributed by atoms with Gasteiger partial charge in [-0.15, -0.1) is 0 Å². The normalized spacial score (nSPS) is 27.2. The highest BCUT2D eigenvalue weighted by Crippen LogP contribution is 2.62. The average molecular weight is 343 g/mol. The molecule has 0 aromatic carbocycles. The van der Waals surface area contributed by atoms with Gasteiger partial charge in [0.1, 0.15) is 5.76 Å². The van der Waals surface area contributed by atoms with Crippen LogP contribution in [0.3, 0.4) is 0 Å². The van der Waals surface area contributed by atoms with E-state index in [2.05, 4.69) is 18.9 Å². The van der Waals surface area contributed by atoms with E-state index < -0.39 is 0 Å². The highest BCUT2D eigenvalue weighted by Gasteiger charge is 2.63. The van der Waals surface area contributed by atoms with Gasteiger partial charge in [0.25, 0.3) is 5.91 Å². The maximum atomic E-state index is 12.9. The Morgan fingerprint density at radius 1 is 1.44 bits per heavy atom. The van der Waals surface area contributed by atoms with Crippen LogP contribution in [0.1, 0.15) is 36.6 Å². The maximum Gasteiger partial charge on any atom is 0.289 e. The van der Waals surface area contributed by atoms with Crippen LogP contribution in [0.15, 0.2) is 35.0 Å². The Labute approximate surface area is 147 Å². The third kappa shape index (κ3) is 2.68. The van der Waals surface area contributed by atoms with Crippen molar-refractivity contribution in [3.63, 3.8) is 0 Å². The molecule has 0 N–H and O–H groups in total. The minimum atomic E-state index is -0.0209. The molecule has 0 unspecified atom stereocenters. The lowest BCUT2D eigenvalue weighted by Crippen LogP contribution is -2.55. The highest BCUT2D eigenvalue weighted by atomic mass is 16.5. The molecule has 2 aromatic rings. The first kappa shape index (κ1) is 16.4. The van der Waals surface area contributed by atoms with Gasteiger partial charge in [-0.3, -0.25) is 9.48 Å². The summed E-state index contributed by atoms with van der Waals surface area (Å²) in [7, 11) is 1.75. The van der Waals surface area contributed by atoms with Gasteiger partial charge in [0, 0.05) is 38.0 Å². The van der Waals surface area contributed by atoms with E-state index in [9.17, 15) is 4.79 Å². The number of carbonyl (C=O) groups excluding carboxylic acids is 1. The molecule has 2 atom stereocenters. The van der Waals surface area contributed by atoms with Crippen molar-refractivity contribution in [2.75, 3.05) is 26.8 Å². The molecule has 3 heterocycles. The zero-order chi connectivity index (χ0) is 17.7. The second-order valence-corrected chi connectivity index (χ2v) is 8.17. The number of rotatable bonds is 5. The number of methoxy groups -OCH3 is 1. The molecule has 1 amide bonds. The zero-order valence-corrected chi connectivity index (χ0v) is 15.1. The molecule has 4 rings (SSSR count). The van der Waals surface area contributed by atoms with Crippen molar-refractivity contribution in [2.45, 2.75) is 26.8 Å². The largest absolute Gasteiger partial charge is 0.454 e. The van der Waals surface area contributed by atoms with Gasteiger partial charge < -0.3 is 14.1 Å². The van der Waals surface area contributed by atoms with Crippen molar-refractivity contribution >= 4 is 5.91 Å². The molecule has 0 bridgehead atoms. The number of furan rings is 1. The third-order valence-electron chi connectivity index (χ3n) is 5.87. The molecule has 1 saturated carbocycles. The van der Waals surface area contributed by atoms with Crippen LogP contribution in [0.5, 0.6) is 0 Å². The van der Waals surface area contributed by atoms with E-state index in [-0.39, 0.29) is 16.7 Å². The number of ether oxygens (including phenoxy) is 1. The smallest absolute Gasteiger partial charge is 0.289 e. The predicted molar refractivity (Wildman–Crippen MR) is 92.1 cm³/mol. The van der Waals surface area contributed by atoms with Crippen molar-refractivity contribution < 1.29 is 13.9 Å². The maximum absolute atomic E-state index is 12.9. The van der Waals surface area contributed by atoms with Gasteiger partial charge in [-0.2, -0.15) is 5.10 Å². The number of nitrogens with zero attached hydrogens (tertiary/aromatic N) is 3. The molecule has 134 valence electrons. The summed E-state index contributed by atoms with van der Waals surface area (Å²) in [4.78, 5) is 14.8. The fourth-order valence-corrected chi connectivity index (χ4v) is 5.05. The third-order valence-corrected chi connectivity index (χ3v) is 5.87. The summed E-state index contributed by atoms with van der Waals surface area (Å²) in [6, 6.07) is 5.50. The van der Waals surface area contributed by atoms with E-state index in [1.54, 1.807) is 24.1 Å². The minimum Gasteiger partial charge on any atom is -0.454 e. The fraction of sp³-hybridized carbons (Fsp3) is 0.579. The number of aromatic nitrogens is 2. The van der Waals surface area contributed by atoms with Crippen LogP contribution in [0, 0.1) is 16.7 Å². The molecule has 2 aromatic heterocycles. The number of hydrogen-bond donors (Lipinski definition) is 0. The van der Waals surface area contributed by atoms with Crippen molar-refractivity contribution in [2.24, 2.45) is 16.7 Å². The summed E-state index contributed by atoms with van der Waals surface area (Å²) >= 11 is 0. The highest BCUT2D eigenvalue weighted by molar-refractivity contribution is 5.91. The Hall–Kier alpha value is -2.08. The molecular weight excluding hydrogens is 318 g/mol. The van der Waals surface area contributed by atoms with Crippen LogP contribution < -0.4 is 0 Å². The standard InChI is InChI=1S/C19H25N3O3/c1-18(2)11-19(13-24-3)12-21(10-16(18)19)17(23)15-6-5-14(25-15)9-22-8-4-7-20-22/h4-8,16H,9-13H2,1-3H3/t16-,19-/m1/s1. The summed E-state index contributed by atoms with van der Waals surface area (Å²) in [5.41, 5.74) is 0.375. The molecule has 6 nitrogen and oxygen atoms in total. The van der Waals surface area contributed by atoms with Crippen LogP contribution in [0.25, 0.3) is 0 Å². The van der Waals surface area contributed by atoms with Gasteiger partial charge in [-0.1, -0.05) is 13.8 Å². The van der Waals surface area contributed by atoms with E-state index in [0.29, 0.717) is 24.8 Å². The first-order valence-corrected chi connectivity index (χ1v) is 8.78. The Morgan fingerprint density at radius 2 is 2.28 bits per heavy atom. The SMILES string of the molecule is COC[C@@]12CN(C(=O)c3ccc(Cn4cccn4)o3)C[C@@H]1C(C)(C)C2. The van der Waals surface area contributed by atoms with E-state index in [1.165, 1.54) is 0 Å². The van der Waals surface area contributed by atoms with Gasteiger partial charge in [-0.25, -0.2) is 0 Å². The first-order valence-electron chi connectivity index (χ1n) is 8.78. The van der Waals surface area contributed by atoms with E-state index in [1.807, 2.05) is 23.2 Å². The average Bonchev–Trinajstić information content (AvgIpc) is 3.27. The van der Waals surface area contributed by atoms with E-state index in [4.69, 9.17) is 9.15 Å². The summed E-state index contributed by atoms with van der Waals surface area (Å²) < 4.78 is 13.0. The lowest BCUT2D eigenvalue weighted by atomic mass is 9.48. The second-order valence-electron chi connectivity index (χ2n) is 8.17. The van der Waals surface area contributed by atoms with Crippen molar-refractivity contribution in [3.8, 4) is 0 Å². The number of fused-ring (bicyclic) bond motifs is 1. The number of amides is 1. The quantitative estimate of drug-likeness (QED) is 0.837. The van der Waals surface area contributed by atoms with Crippen LogP contribution in [-0.4, -0.2) is 47.4 Å². The van der Waals surface area contributed by atoms with Crippen LogP contribution >= 0.6 is 0 Å². The van der Waals surface area contributed by atoms with Crippen molar-refractivity contribution in [1.29, 1.82) is 0 Å². The van der Waals surface area contributed by atoms with Gasteiger partial charge in [-0.05, 0) is 36.0 Å². The van der Waals surface area contributed by atoms with Crippen LogP contribution in [-0.2, 0) is 11.3 Å². The monoisotopic (exact) mass is 343 g/mol. The second kappa shape index (κ2) is 5.73. The molecule has 0 spiro atoms. The summed E-state index contributed by atoms with van der Waals surface area (Å²) in [5, 5.41) is 4.16. The van der Waals surface area contributed by atoms with Gasteiger partial charge in [0.15, 0.2) is 5.76 Å². The molecule has 25 heavy (non-hydrogen) atoms. The molecule has 6 heteroatoms. The van der Waals surface area contributed by atoms with Gasteiger partial charge >= 0.3 is 0 Å². The number of likely N-dealkylation sites (tertiary alicyclic amines) is 1. The Morgan fingerprint density at radius 3 is 2.96 bits per heavy atom. The lowest BCUT2D eigenvalue weighted by Gasteiger charge is -2.56. The molecule has 2 fully saturated rings. The number of carbonyl (C=O) groups is 1. The summed E-state index contributed by atoms with van der Waals surface area (Å²) in [6.45, 7) is 7.35. The van der Waals surface area contributed by atoms with E-state index in [0.717, 1.165) is 25.3 Å².